The van der Waals surface area contributed by atoms with Crippen LogP contribution >= 0.6 is 39.3 Å². The summed E-state index contributed by atoms with van der Waals surface area (Å²) in [5, 5.41) is 5.30. The van der Waals surface area contributed by atoms with Crippen LogP contribution in [0.2, 0.25) is 5.02 Å². The molecule has 1 nitrogen and oxygen atoms in total. The zero-order chi connectivity index (χ0) is 13.0. The maximum absolute atomic E-state index is 6.10. The van der Waals surface area contributed by atoms with Crippen molar-refractivity contribution >= 4 is 39.3 Å². The summed E-state index contributed by atoms with van der Waals surface area (Å²) in [4.78, 5) is 0. The lowest BCUT2D eigenvalue weighted by Gasteiger charge is -2.13. The fourth-order valence-electron chi connectivity index (χ4n) is 2.42. The van der Waals surface area contributed by atoms with Crippen LogP contribution in [0.4, 0.5) is 0 Å². The third kappa shape index (κ3) is 4.16. The number of hydrogen-bond acceptors (Lipinski definition) is 2. The molecular formula is C14H19BrClNS. The highest BCUT2D eigenvalue weighted by atomic mass is 79.9. The van der Waals surface area contributed by atoms with Crippen molar-refractivity contribution in [2.24, 2.45) is 0 Å². The molecule has 18 heavy (non-hydrogen) atoms. The highest BCUT2D eigenvalue weighted by molar-refractivity contribution is 9.10. The summed E-state index contributed by atoms with van der Waals surface area (Å²) in [6.45, 7) is 3.16. The van der Waals surface area contributed by atoms with Gasteiger partial charge >= 0.3 is 0 Å². The molecule has 2 atom stereocenters. The van der Waals surface area contributed by atoms with Gasteiger partial charge in [-0.1, -0.05) is 24.6 Å². The van der Waals surface area contributed by atoms with Gasteiger partial charge in [0.2, 0.25) is 0 Å². The van der Waals surface area contributed by atoms with Crippen LogP contribution in [-0.4, -0.2) is 17.0 Å². The predicted molar refractivity (Wildman–Crippen MR) is 85.6 cm³/mol. The number of hydrogen-bond donors (Lipinski definition) is 1. The lowest BCUT2D eigenvalue weighted by atomic mass is 10.2. The van der Waals surface area contributed by atoms with E-state index in [1.54, 1.807) is 0 Å². The molecule has 1 aliphatic rings. The number of halogens is 2. The van der Waals surface area contributed by atoms with Crippen molar-refractivity contribution in [2.75, 3.05) is 5.75 Å². The summed E-state index contributed by atoms with van der Waals surface area (Å²) < 4.78 is 0.966. The fraction of sp³-hybridized carbons (Fsp3) is 0.571. The van der Waals surface area contributed by atoms with Crippen LogP contribution in [-0.2, 0) is 6.54 Å². The topological polar surface area (TPSA) is 12.0 Å². The van der Waals surface area contributed by atoms with E-state index < -0.39 is 0 Å². The minimum Gasteiger partial charge on any atom is -0.310 e. The van der Waals surface area contributed by atoms with Gasteiger partial charge in [0.15, 0.2) is 0 Å². The minimum absolute atomic E-state index is 0.677. The van der Waals surface area contributed by atoms with Gasteiger partial charge in [-0.3, -0.25) is 0 Å². The summed E-state index contributed by atoms with van der Waals surface area (Å²) in [6, 6.07) is 6.85. The average molecular weight is 349 g/mol. The Morgan fingerprint density at radius 1 is 1.44 bits per heavy atom. The summed E-state index contributed by atoms with van der Waals surface area (Å²) in [5.41, 5.74) is 1.26. The SMILES string of the molecule is CCSC1CCC(NCc2ccc(Br)c(Cl)c2)C1. The molecule has 1 aromatic carbocycles. The third-order valence-electron chi connectivity index (χ3n) is 3.37. The molecule has 0 spiro atoms. The van der Waals surface area contributed by atoms with E-state index in [0.29, 0.717) is 6.04 Å². The molecule has 0 saturated heterocycles. The normalized spacial score (nSPS) is 23.5. The quantitative estimate of drug-likeness (QED) is 0.815. The fourth-order valence-corrected chi connectivity index (χ4v) is 4.02. The molecular weight excluding hydrogens is 330 g/mol. The Morgan fingerprint density at radius 3 is 3.00 bits per heavy atom. The molecule has 2 rings (SSSR count). The van der Waals surface area contributed by atoms with E-state index in [-0.39, 0.29) is 0 Å². The molecule has 0 aromatic heterocycles. The number of rotatable bonds is 5. The standard InChI is InChI=1S/C14H19BrClNS/c1-2-18-12-5-4-11(8-12)17-9-10-3-6-13(15)14(16)7-10/h3,6-7,11-12,17H,2,4-5,8-9H2,1H3. The molecule has 100 valence electrons. The minimum atomic E-state index is 0.677. The predicted octanol–water partition coefficient (Wildman–Crippen LogP) is 4.87. The van der Waals surface area contributed by atoms with Gasteiger partial charge in [-0.15, -0.1) is 0 Å². The van der Waals surface area contributed by atoms with E-state index >= 15 is 0 Å². The molecule has 1 aromatic rings. The second-order valence-electron chi connectivity index (χ2n) is 4.72. The number of thioether (sulfide) groups is 1. The zero-order valence-electron chi connectivity index (χ0n) is 10.6. The first kappa shape index (κ1) is 14.7. The second kappa shape index (κ2) is 7.18. The first-order valence-electron chi connectivity index (χ1n) is 6.48. The van der Waals surface area contributed by atoms with Crippen LogP contribution in [0.1, 0.15) is 31.7 Å². The van der Waals surface area contributed by atoms with Crippen molar-refractivity contribution in [2.45, 2.75) is 44.0 Å². The molecule has 0 aliphatic heterocycles. The molecule has 0 radical (unpaired) electrons. The average Bonchev–Trinajstić information content (AvgIpc) is 2.79. The summed E-state index contributed by atoms with van der Waals surface area (Å²) >= 11 is 11.6. The largest absolute Gasteiger partial charge is 0.310 e. The Kier molecular flexibility index (Phi) is 5.87. The van der Waals surface area contributed by atoms with Gasteiger partial charge in [0.25, 0.3) is 0 Å². The van der Waals surface area contributed by atoms with Gasteiger partial charge in [-0.2, -0.15) is 11.8 Å². The lowest BCUT2D eigenvalue weighted by molar-refractivity contribution is 0.525. The molecule has 1 aliphatic carbocycles. The van der Waals surface area contributed by atoms with Gasteiger partial charge in [0, 0.05) is 22.3 Å². The van der Waals surface area contributed by atoms with Gasteiger partial charge in [0.05, 0.1) is 5.02 Å². The zero-order valence-corrected chi connectivity index (χ0v) is 13.7. The van der Waals surface area contributed by atoms with Crippen LogP contribution < -0.4 is 5.32 Å². The van der Waals surface area contributed by atoms with Crippen LogP contribution in [0.25, 0.3) is 0 Å². The Labute approximate surface area is 127 Å². The Hall–Kier alpha value is 0.300. The Bertz CT molecular complexity index is 399. The van der Waals surface area contributed by atoms with Crippen LogP contribution in [0, 0.1) is 0 Å². The first-order chi connectivity index (χ1) is 8.69. The van der Waals surface area contributed by atoms with E-state index in [9.17, 15) is 0 Å². The van der Waals surface area contributed by atoms with Crippen LogP contribution in [0.3, 0.4) is 0 Å². The molecule has 2 unspecified atom stereocenters. The van der Waals surface area contributed by atoms with E-state index in [1.165, 1.54) is 30.6 Å². The third-order valence-corrected chi connectivity index (χ3v) is 5.83. The van der Waals surface area contributed by atoms with Crippen molar-refractivity contribution in [1.82, 2.24) is 5.32 Å². The smallest absolute Gasteiger partial charge is 0.0551 e. The van der Waals surface area contributed by atoms with Gasteiger partial charge in [-0.25, -0.2) is 0 Å². The van der Waals surface area contributed by atoms with E-state index in [2.05, 4.69) is 46.0 Å². The number of benzene rings is 1. The summed E-state index contributed by atoms with van der Waals surface area (Å²) in [6.07, 6.45) is 3.97. The Balaban J connectivity index is 1.80. The second-order valence-corrected chi connectivity index (χ2v) is 7.56. The summed E-state index contributed by atoms with van der Waals surface area (Å²) in [5.74, 6) is 1.24. The molecule has 0 heterocycles. The maximum atomic E-state index is 6.10. The molecule has 0 bridgehead atoms. The van der Waals surface area contributed by atoms with Crippen molar-refractivity contribution in [3.8, 4) is 0 Å². The number of nitrogens with one attached hydrogen (secondary N) is 1. The lowest BCUT2D eigenvalue weighted by Crippen LogP contribution is -2.26. The summed E-state index contributed by atoms with van der Waals surface area (Å²) in [7, 11) is 0. The molecule has 0 amide bonds. The van der Waals surface area contributed by atoms with E-state index in [4.69, 9.17) is 11.6 Å². The molecule has 1 fully saturated rings. The van der Waals surface area contributed by atoms with Crippen LogP contribution in [0.5, 0.6) is 0 Å². The van der Waals surface area contributed by atoms with Crippen molar-refractivity contribution in [3.05, 3.63) is 33.3 Å². The highest BCUT2D eigenvalue weighted by Gasteiger charge is 2.23. The van der Waals surface area contributed by atoms with E-state index in [1.807, 2.05) is 12.1 Å². The van der Waals surface area contributed by atoms with E-state index in [0.717, 1.165) is 21.3 Å². The monoisotopic (exact) mass is 347 g/mol. The molecule has 1 N–H and O–H groups in total. The van der Waals surface area contributed by atoms with Gasteiger partial charge < -0.3 is 5.32 Å². The maximum Gasteiger partial charge on any atom is 0.0551 e. The molecule has 4 heteroatoms. The molecule has 1 saturated carbocycles. The Morgan fingerprint density at radius 2 is 2.28 bits per heavy atom. The van der Waals surface area contributed by atoms with Crippen molar-refractivity contribution in [3.63, 3.8) is 0 Å². The first-order valence-corrected chi connectivity index (χ1v) is 8.70. The highest BCUT2D eigenvalue weighted by Crippen LogP contribution is 2.30. The van der Waals surface area contributed by atoms with Crippen molar-refractivity contribution < 1.29 is 0 Å². The van der Waals surface area contributed by atoms with Gasteiger partial charge in [-0.05, 0) is 58.6 Å². The van der Waals surface area contributed by atoms with Gasteiger partial charge in [0.1, 0.15) is 0 Å². The van der Waals surface area contributed by atoms with Crippen molar-refractivity contribution in [1.29, 1.82) is 0 Å². The van der Waals surface area contributed by atoms with Crippen LogP contribution in [0.15, 0.2) is 22.7 Å².